The SMILES string of the molecule is CCNC(=NCC(C)N1CCc2ccccc21)NCCCOCC1CCCO1.I. The molecule has 6 nitrogen and oxygen atoms in total. The number of halogens is 1. The second-order valence-corrected chi connectivity index (χ2v) is 7.63. The maximum atomic E-state index is 5.73. The van der Waals surface area contributed by atoms with Gasteiger partial charge in [-0.05, 0) is 51.2 Å². The van der Waals surface area contributed by atoms with E-state index in [4.69, 9.17) is 14.5 Å². The molecule has 1 fully saturated rings. The van der Waals surface area contributed by atoms with Crippen LogP contribution in [0, 0.1) is 0 Å². The van der Waals surface area contributed by atoms with Gasteiger partial charge in [-0.3, -0.25) is 4.99 Å². The highest BCUT2D eigenvalue weighted by molar-refractivity contribution is 14.0. The number of hydrogen-bond donors (Lipinski definition) is 2. The maximum Gasteiger partial charge on any atom is 0.191 e. The number of nitrogens with one attached hydrogen (secondary N) is 2. The van der Waals surface area contributed by atoms with Crippen molar-refractivity contribution < 1.29 is 9.47 Å². The number of para-hydroxylation sites is 1. The fourth-order valence-electron chi connectivity index (χ4n) is 3.86. The highest BCUT2D eigenvalue weighted by Gasteiger charge is 2.22. The summed E-state index contributed by atoms with van der Waals surface area (Å²) in [5, 5.41) is 6.77. The predicted molar refractivity (Wildman–Crippen MR) is 131 cm³/mol. The summed E-state index contributed by atoms with van der Waals surface area (Å²) in [6, 6.07) is 9.09. The van der Waals surface area contributed by atoms with Crippen molar-refractivity contribution in [1.82, 2.24) is 10.6 Å². The Labute approximate surface area is 192 Å². The number of aliphatic imine (C=N–C) groups is 1. The molecule has 29 heavy (non-hydrogen) atoms. The van der Waals surface area contributed by atoms with E-state index in [-0.39, 0.29) is 24.0 Å². The van der Waals surface area contributed by atoms with Crippen molar-refractivity contribution in [2.45, 2.75) is 51.7 Å². The summed E-state index contributed by atoms with van der Waals surface area (Å²) < 4.78 is 11.3. The molecule has 2 unspecified atom stereocenters. The van der Waals surface area contributed by atoms with E-state index in [9.17, 15) is 0 Å². The molecule has 0 amide bonds. The first-order chi connectivity index (χ1) is 13.8. The summed E-state index contributed by atoms with van der Waals surface area (Å²) in [4.78, 5) is 7.28. The molecule has 0 aliphatic carbocycles. The number of rotatable bonds is 10. The molecule has 0 radical (unpaired) electrons. The molecule has 2 aliphatic rings. The topological polar surface area (TPSA) is 58.1 Å². The fourth-order valence-corrected chi connectivity index (χ4v) is 3.86. The minimum atomic E-state index is 0. The van der Waals surface area contributed by atoms with E-state index < -0.39 is 0 Å². The molecule has 1 aromatic carbocycles. The Kier molecular flexibility index (Phi) is 11.1. The van der Waals surface area contributed by atoms with Gasteiger partial charge in [0.1, 0.15) is 0 Å². The summed E-state index contributed by atoms with van der Waals surface area (Å²) >= 11 is 0. The van der Waals surface area contributed by atoms with Crippen LogP contribution in [0.5, 0.6) is 0 Å². The van der Waals surface area contributed by atoms with Gasteiger partial charge in [0.05, 0.1) is 19.3 Å². The van der Waals surface area contributed by atoms with Gasteiger partial charge in [-0.2, -0.15) is 0 Å². The Bertz CT molecular complexity index is 623. The molecule has 7 heteroatoms. The average Bonchev–Trinajstić information content (AvgIpc) is 3.38. The van der Waals surface area contributed by atoms with Crippen LogP contribution in [0.1, 0.15) is 38.7 Å². The van der Waals surface area contributed by atoms with E-state index in [1.807, 2.05) is 0 Å². The average molecular weight is 516 g/mol. The Hall–Kier alpha value is -1.06. The molecule has 0 bridgehead atoms. The number of ether oxygens (including phenoxy) is 2. The Balaban J connectivity index is 0.00000300. The van der Waals surface area contributed by atoms with Crippen molar-refractivity contribution in [3.8, 4) is 0 Å². The third-order valence-corrected chi connectivity index (χ3v) is 5.40. The van der Waals surface area contributed by atoms with Gasteiger partial charge in [0, 0.05) is 44.6 Å². The number of anilines is 1. The van der Waals surface area contributed by atoms with Crippen molar-refractivity contribution in [1.29, 1.82) is 0 Å². The van der Waals surface area contributed by atoms with Crippen LogP contribution < -0.4 is 15.5 Å². The summed E-state index contributed by atoms with van der Waals surface area (Å²) in [6.45, 7) is 10.3. The van der Waals surface area contributed by atoms with Crippen LogP contribution in [0.3, 0.4) is 0 Å². The molecule has 2 N–H and O–H groups in total. The summed E-state index contributed by atoms with van der Waals surface area (Å²) in [5.41, 5.74) is 2.82. The Morgan fingerprint density at radius 1 is 1.34 bits per heavy atom. The number of guanidine groups is 1. The van der Waals surface area contributed by atoms with Crippen molar-refractivity contribution >= 4 is 35.6 Å². The zero-order valence-corrected chi connectivity index (χ0v) is 20.2. The second kappa shape index (κ2) is 13.3. The molecule has 0 saturated carbocycles. The number of nitrogens with zero attached hydrogens (tertiary/aromatic N) is 2. The van der Waals surface area contributed by atoms with Crippen LogP contribution in [-0.4, -0.2) is 64.1 Å². The van der Waals surface area contributed by atoms with Crippen LogP contribution in [-0.2, 0) is 15.9 Å². The fraction of sp³-hybridized carbons (Fsp3) is 0.682. The van der Waals surface area contributed by atoms with Gasteiger partial charge in [-0.25, -0.2) is 0 Å². The lowest BCUT2D eigenvalue weighted by Crippen LogP contribution is -2.40. The zero-order chi connectivity index (χ0) is 19.6. The normalized spacial score (nSPS) is 19.6. The highest BCUT2D eigenvalue weighted by atomic mass is 127. The quantitative estimate of drug-likeness (QED) is 0.217. The molecule has 3 rings (SSSR count). The van der Waals surface area contributed by atoms with Crippen LogP contribution in [0.15, 0.2) is 29.3 Å². The molecule has 2 aliphatic heterocycles. The third-order valence-electron chi connectivity index (χ3n) is 5.40. The van der Waals surface area contributed by atoms with Gasteiger partial charge in [0.25, 0.3) is 0 Å². The second-order valence-electron chi connectivity index (χ2n) is 7.63. The molecule has 0 spiro atoms. The van der Waals surface area contributed by atoms with Gasteiger partial charge in [-0.15, -0.1) is 24.0 Å². The van der Waals surface area contributed by atoms with Crippen LogP contribution in [0.25, 0.3) is 0 Å². The molecular weight excluding hydrogens is 479 g/mol. The van der Waals surface area contributed by atoms with E-state index in [2.05, 4.69) is 53.6 Å². The van der Waals surface area contributed by atoms with Gasteiger partial charge < -0.3 is 25.0 Å². The van der Waals surface area contributed by atoms with Crippen molar-refractivity contribution in [2.75, 3.05) is 50.9 Å². The predicted octanol–water partition coefficient (Wildman–Crippen LogP) is 3.20. The smallest absolute Gasteiger partial charge is 0.191 e. The van der Waals surface area contributed by atoms with Crippen LogP contribution in [0.4, 0.5) is 5.69 Å². The first kappa shape index (κ1) is 24.2. The largest absolute Gasteiger partial charge is 0.379 e. The standard InChI is InChI=1S/C22H36N4O2.HI/c1-3-23-22(24-12-7-14-27-17-20-9-6-15-28-20)25-16-18(2)26-13-11-19-8-4-5-10-21(19)26;/h4-5,8,10,18,20H,3,6-7,9,11-17H2,1-2H3,(H2,23,24,25);1H. The zero-order valence-electron chi connectivity index (χ0n) is 17.9. The number of fused-ring (bicyclic) bond motifs is 1. The monoisotopic (exact) mass is 516 g/mol. The summed E-state index contributed by atoms with van der Waals surface area (Å²) in [5.74, 6) is 0.890. The van der Waals surface area contributed by atoms with Gasteiger partial charge in [0.15, 0.2) is 5.96 Å². The van der Waals surface area contributed by atoms with E-state index in [0.29, 0.717) is 12.1 Å². The molecule has 2 atom stereocenters. The van der Waals surface area contributed by atoms with Gasteiger partial charge in [-0.1, -0.05) is 18.2 Å². The van der Waals surface area contributed by atoms with Crippen molar-refractivity contribution in [3.63, 3.8) is 0 Å². The van der Waals surface area contributed by atoms with Gasteiger partial charge >= 0.3 is 0 Å². The third kappa shape index (κ3) is 7.61. The van der Waals surface area contributed by atoms with E-state index in [1.165, 1.54) is 17.7 Å². The van der Waals surface area contributed by atoms with Gasteiger partial charge in [0.2, 0.25) is 0 Å². The molecule has 1 saturated heterocycles. The van der Waals surface area contributed by atoms with Crippen molar-refractivity contribution in [3.05, 3.63) is 29.8 Å². The molecule has 0 aromatic heterocycles. The lowest BCUT2D eigenvalue weighted by Gasteiger charge is -2.26. The van der Waals surface area contributed by atoms with E-state index in [0.717, 1.165) is 71.2 Å². The molecular formula is C22H37IN4O2. The number of benzene rings is 1. The first-order valence-corrected chi connectivity index (χ1v) is 10.8. The van der Waals surface area contributed by atoms with E-state index >= 15 is 0 Å². The summed E-state index contributed by atoms with van der Waals surface area (Å²) in [7, 11) is 0. The lowest BCUT2D eigenvalue weighted by molar-refractivity contribution is 0.0168. The Morgan fingerprint density at radius 3 is 3.00 bits per heavy atom. The molecule has 2 heterocycles. The first-order valence-electron chi connectivity index (χ1n) is 10.8. The van der Waals surface area contributed by atoms with Crippen LogP contribution in [0.2, 0.25) is 0 Å². The highest BCUT2D eigenvalue weighted by Crippen LogP contribution is 2.29. The maximum absolute atomic E-state index is 5.73. The minimum absolute atomic E-state index is 0. The molecule has 1 aromatic rings. The van der Waals surface area contributed by atoms with E-state index in [1.54, 1.807) is 0 Å². The summed E-state index contributed by atoms with van der Waals surface area (Å²) in [6.07, 6.45) is 4.71. The van der Waals surface area contributed by atoms with Crippen molar-refractivity contribution in [2.24, 2.45) is 4.99 Å². The minimum Gasteiger partial charge on any atom is -0.379 e. The Morgan fingerprint density at radius 2 is 2.21 bits per heavy atom. The van der Waals surface area contributed by atoms with Crippen LogP contribution >= 0.6 is 24.0 Å². The lowest BCUT2D eigenvalue weighted by atomic mass is 10.2. The molecule has 164 valence electrons. The number of hydrogen-bond acceptors (Lipinski definition) is 4.